The Hall–Kier alpha value is -2.82. The summed E-state index contributed by atoms with van der Waals surface area (Å²) in [7, 11) is 0. The van der Waals surface area contributed by atoms with E-state index in [2.05, 4.69) is 22.5 Å². The molecule has 5 nitrogen and oxygen atoms in total. The fourth-order valence-corrected chi connectivity index (χ4v) is 3.89. The number of ether oxygens (including phenoxy) is 1. The molecule has 1 saturated carbocycles. The Balaban J connectivity index is 1.34. The fourth-order valence-electron chi connectivity index (χ4n) is 3.89. The number of benzene rings is 1. The zero-order valence-electron chi connectivity index (χ0n) is 14.5. The van der Waals surface area contributed by atoms with Crippen LogP contribution in [0.1, 0.15) is 28.9 Å². The highest BCUT2D eigenvalue weighted by molar-refractivity contribution is 5.92. The summed E-state index contributed by atoms with van der Waals surface area (Å²) in [6, 6.07) is 10.9. The molecule has 0 aliphatic heterocycles. The minimum atomic E-state index is -0.298. The quantitative estimate of drug-likeness (QED) is 0.787. The van der Waals surface area contributed by atoms with Crippen LogP contribution >= 0.6 is 0 Å². The summed E-state index contributed by atoms with van der Waals surface area (Å²) in [5.74, 6) is 1.75. The van der Waals surface area contributed by atoms with E-state index in [4.69, 9.17) is 4.74 Å². The number of carbonyl (C=O) groups is 1. The van der Waals surface area contributed by atoms with Crippen LogP contribution in [0.4, 0.5) is 0 Å². The van der Waals surface area contributed by atoms with Crippen molar-refractivity contribution in [1.82, 2.24) is 10.3 Å². The first-order valence-corrected chi connectivity index (χ1v) is 9.05. The maximum atomic E-state index is 12.3. The second-order valence-corrected chi connectivity index (χ2v) is 7.10. The van der Waals surface area contributed by atoms with Crippen LogP contribution in [-0.4, -0.2) is 17.4 Å². The average Bonchev–Trinajstić information content (AvgIpc) is 3.29. The molecule has 2 N–H and O–H groups in total. The van der Waals surface area contributed by atoms with Crippen LogP contribution in [0.5, 0.6) is 5.75 Å². The second kappa shape index (κ2) is 7.20. The molecule has 0 saturated heterocycles. The Morgan fingerprint density at radius 1 is 1.19 bits per heavy atom. The number of nitrogens with one attached hydrogen (secondary N) is 2. The molecule has 2 aromatic rings. The van der Waals surface area contributed by atoms with Gasteiger partial charge in [-0.1, -0.05) is 42.5 Å². The molecule has 0 unspecified atom stereocenters. The van der Waals surface area contributed by atoms with Gasteiger partial charge in [-0.15, -0.1) is 0 Å². The second-order valence-electron chi connectivity index (χ2n) is 7.10. The molecular weight excluding hydrogens is 328 g/mol. The first-order valence-electron chi connectivity index (χ1n) is 9.05. The Morgan fingerprint density at radius 3 is 2.73 bits per heavy atom. The molecule has 5 heteroatoms. The largest absolute Gasteiger partial charge is 0.483 e. The number of pyridine rings is 1. The molecule has 2 aliphatic carbocycles. The van der Waals surface area contributed by atoms with Crippen molar-refractivity contribution < 1.29 is 9.53 Å². The van der Waals surface area contributed by atoms with Gasteiger partial charge in [0.2, 0.25) is 5.43 Å². The lowest BCUT2D eigenvalue weighted by atomic mass is 9.93. The standard InChI is InChI=1S/C21H22N2O3/c24-19-10-18(21(25)23-11-17-9-15-6-7-16(17)8-15)22-12-20(19)26-13-14-4-2-1-3-5-14/h1-7,10,12,15-17H,8-9,11,13H2,(H,22,24)(H,23,25)/t15-,16+,17+/m1/s1. The Labute approximate surface area is 152 Å². The number of hydrogen-bond acceptors (Lipinski definition) is 3. The van der Waals surface area contributed by atoms with Crippen LogP contribution < -0.4 is 15.5 Å². The van der Waals surface area contributed by atoms with Gasteiger partial charge in [0.05, 0.1) is 0 Å². The molecule has 1 aromatic carbocycles. The maximum absolute atomic E-state index is 12.3. The number of aromatic nitrogens is 1. The molecule has 1 fully saturated rings. The molecular formula is C21H22N2O3. The van der Waals surface area contributed by atoms with E-state index in [1.54, 1.807) is 0 Å². The molecule has 26 heavy (non-hydrogen) atoms. The summed E-state index contributed by atoms with van der Waals surface area (Å²) >= 11 is 0. The third-order valence-electron chi connectivity index (χ3n) is 5.30. The van der Waals surface area contributed by atoms with Gasteiger partial charge < -0.3 is 15.0 Å². The van der Waals surface area contributed by atoms with Gasteiger partial charge in [-0.05, 0) is 36.2 Å². The number of carbonyl (C=O) groups excluding carboxylic acids is 1. The molecule has 134 valence electrons. The van der Waals surface area contributed by atoms with Crippen molar-refractivity contribution in [1.29, 1.82) is 0 Å². The molecule has 3 atom stereocenters. The highest BCUT2D eigenvalue weighted by atomic mass is 16.5. The molecule has 1 amide bonds. The molecule has 1 aromatic heterocycles. The van der Waals surface area contributed by atoms with Gasteiger partial charge in [0.15, 0.2) is 5.75 Å². The fraction of sp³-hybridized carbons (Fsp3) is 0.333. The number of aromatic amines is 1. The molecule has 2 aliphatic rings. The SMILES string of the molecule is O=C(NC[C@@H]1C[C@@H]2C=C[C@H]1C2)c1cc(=O)c(OCc2ccccc2)c[nH]1. The van der Waals surface area contributed by atoms with Gasteiger partial charge >= 0.3 is 0 Å². The van der Waals surface area contributed by atoms with Crippen molar-refractivity contribution in [2.24, 2.45) is 17.8 Å². The highest BCUT2D eigenvalue weighted by Gasteiger charge is 2.35. The number of hydrogen-bond donors (Lipinski definition) is 2. The minimum absolute atomic E-state index is 0.212. The van der Waals surface area contributed by atoms with Crippen LogP contribution in [-0.2, 0) is 6.61 Å². The number of H-pyrrole nitrogens is 1. The zero-order valence-corrected chi connectivity index (χ0v) is 14.5. The van der Waals surface area contributed by atoms with Crippen molar-refractivity contribution in [2.45, 2.75) is 19.4 Å². The van der Waals surface area contributed by atoms with E-state index in [0.29, 0.717) is 30.9 Å². The van der Waals surface area contributed by atoms with Crippen molar-refractivity contribution >= 4 is 5.91 Å². The van der Waals surface area contributed by atoms with Crippen LogP contribution in [0, 0.1) is 17.8 Å². The topological polar surface area (TPSA) is 71.2 Å². The molecule has 0 radical (unpaired) electrons. The first kappa shape index (κ1) is 16.6. The predicted octanol–water partition coefficient (Wildman–Crippen LogP) is 2.90. The summed E-state index contributed by atoms with van der Waals surface area (Å²) in [4.78, 5) is 27.4. The average molecular weight is 350 g/mol. The zero-order chi connectivity index (χ0) is 17.9. The third-order valence-corrected chi connectivity index (χ3v) is 5.30. The first-order chi connectivity index (χ1) is 12.7. The Bertz CT molecular complexity index is 872. The van der Waals surface area contributed by atoms with E-state index in [0.717, 1.165) is 12.0 Å². The van der Waals surface area contributed by atoms with E-state index >= 15 is 0 Å². The third kappa shape index (κ3) is 3.57. The molecule has 0 spiro atoms. The molecule has 2 bridgehead atoms. The highest BCUT2D eigenvalue weighted by Crippen LogP contribution is 2.42. The Morgan fingerprint density at radius 2 is 2.04 bits per heavy atom. The minimum Gasteiger partial charge on any atom is -0.483 e. The predicted molar refractivity (Wildman–Crippen MR) is 99.0 cm³/mol. The summed E-state index contributed by atoms with van der Waals surface area (Å²) < 4.78 is 5.55. The van der Waals surface area contributed by atoms with Crippen LogP contribution in [0.15, 0.2) is 59.5 Å². The summed E-state index contributed by atoms with van der Waals surface area (Å²) in [6.07, 6.45) is 8.37. The van der Waals surface area contributed by atoms with Gasteiger partial charge in [-0.2, -0.15) is 0 Å². The van der Waals surface area contributed by atoms with Gasteiger partial charge in [0, 0.05) is 18.8 Å². The van der Waals surface area contributed by atoms with Crippen molar-refractivity contribution in [3.63, 3.8) is 0 Å². The van der Waals surface area contributed by atoms with Crippen molar-refractivity contribution in [3.05, 3.63) is 76.2 Å². The number of rotatable bonds is 6. The lowest BCUT2D eigenvalue weighted by Crippen LogP contribution is -2.32. The van der Waals surface area contributed by atoms with E-state index in [9.17, 15) is 9.59 Å². The van der Waals surface area contributed by atoms with Gasteiger partial charge in [-0.25, -0.2) is 0 Å². The normalized spacial score (nSPS) is 23.2. The van der Waals surface area contributed by atoms with Gasteiger partial charge in [0.1, 0.15) is 12.3 Å². The van der Waals surface area contributed by atoms with E-state index in [1.165, 1.54) is 18.7 Å². The maximum Gasteiger partial charge on any atom is 0.267 e. The van der Waals surface area contributed by atoms with Gasteiger partial charge in [0.25, 0.3) is 5.91 Å². The van der Waals surface area contributed by atoms with Crippen molar-refractivity contribution in [3.8, 4) is 5.75 Å². The van der Waals surface area contributed by atoms with E-state index in [-0.39, 0.29) is 22.8 Å². The molecule has 1 heterocycles. The lowest BCUT2D eigenvalue weighted by molar-refractivity contribution is 0.0940. The molecule has 4 rings (SSSR count). The van der Waals surface area contributed by atoms with Crippen LogP contribution in [0.3, 0.4) is 0 Å². The van der Waals surface area contributed by atoms with Crippen LogP contribution in [0.25, 0.3) is 0 Å². The summed E-state index contributed by atoms with van der Waals surface area (Å²) in [5, 5.41) is 2.95. The smallest absolute Gasteiger partial charge is 0.267 e. The number of allylic oxidation sites excluding steroid dienone is 2. The lowest BCUT2D eigenvalue weighted by Gasteiger charge is -2.18. The Kier molecular flexibility index (Phi) is 4.61. The van der Waals surface area contributed by atoms with Crippen molar-refractivity contribution in [2.75, 3.05) is 6.54 Å². The summed E-state index contributed by atoms with van der Waals surface area (Å²) in [5.41, 5.74) is 0.946. The van der Waals surface area contributed by atoms with Gasteiger partial charge in [-0.3, -0.25) is 9.59 Å². The van der Waals surface area contributed by atoms with E-state index < -0.39 is 0 Å². The number of fused-ring (bicyclic) bond motifs is 2. The number of amides is 1. The monoisotopic (exact) mass is 350 g/mol. The summed E-state index contributed by atoms with van der Waals surface area (Å²) in [6.45, 7) is 0.964. The van der Waals surface area contributed by atoms with Crippen LogP contribution in [0.2, 0.25) is 0 Å². The van der Waals surface area contributed by atoms with E-state index in [1.807, 2.05) is 30.3 Å².